The average Bonchev–Trinajstić information content (AvgIpc) is 3.46. The molecule has 7 aliphatic rings. The summed E-state index contributed by atoms with van der Waals surface area (Å²) < 4.78 is 12.7. The number of benzene rings is 4. The van der Waals surface area contributed by atoms with E-state index < -0.39 is 0 Å². The first-order valence-corrected chi connectivity index (χ1v) is 22.3. The Balaban J connectivity index is 0.808. The lowest BCUT2D eigenvalue weighted by atomic mass is 9.50. The zero-order valence-corrected chi connectivity index (χ0v) is 34.7. The van der Waals surface area contributed by atoms with Crippen LogP contribution in [-0.2, 0) is 25.6 Å². The van der Waals surface area contributed by atoms with Crippen molar-refractivity contribution in [3.8, 4) is 22.3 Å². The van der Waals surface area contributed by atoms with Crippen LogP contribution in [0.1, 0.15) is 160 Å². The smallest absolute Gasteiger partial charge is 0.399 e. The maximum absolute atomic E-state index is 6.34. The summed E-state index contributed by atoms with van der Waals surface area (Å²) in [6.45, 7) is 10.8. The minimum atomic E-state index is -0.313. The van der Waals surface area contributed by atoms with Gasteiger partial charge in [-0.3, -0.25) is 0 Å². The highest BCUT2D eigenvalue weighted by molar-refractivity contribution is 6.62. The van der Waals surface area contributed by atoms with Crippen molar-refractivity contribution in [2.45, 2.75) is 171 Å². The van der Waals surface area contributed by atoms with E-state index in [2.05, 4.69) is 132 Å². The summed E-state index contributed by atoms with van der Waals surface area (Å²) >= 11 is 0. The predicted molar refractivity (Wildman–Crippen MR) is 231 cm³/mol. The normalized spacial score (nSPS) is 30.5. The molecule has 6 aliphatic carbocycles. The topological polar surface area (TPSA) is 18.5 Å². The van der Waals surface area contributed by atoms with Crippen LogP contribution in [0.15, 0.2) is 97.1 Å². The number of fused-ring (bicyclic) bond motifs is 6. The second kappa shape index (κ2) is 14.1. The third kappa shape index (κ3) is 6.68. The van der Waals surface area contributed by atoms with Gasteiger partial charge in [-0.2, -0.15) is 0 Å². The van der Waals surface area contributed by atoms with Crippen LogP contribution in [0.5, 0.6) is 0 Å². The van der Waals surface area contributed by atoms with Crippen molar-refractivity contribution in [1.29, 1.82) is 0 Å². The Morgan fingerprint density at radius 1 is 0.418 bits per heavy atom. The molecule has 1 saturated heterocycles. The molecular weight excluding hydrogens is 667 g/mol. The molecule has 0 unspecified atom stereocenters. The Hall–Kier alpha value is -3.14. The van der Waals surface area contributed by atoms with Crippen LogP contribution in [0.2, 0.25) is 0 Å². The third-order valence-electron chi connectivity index (χ3n) is 16.8. The first kappa shape index (κ1) is 37.4. The van der Waals surface area contributed by atoms with Crippen molar-refractivity contribution in [1.82, 2.24) is 0 Å². The van der Waals surface area contributed by atoms with Crippen molar-refractivity contribution >= 4 is 12.6 Å². The summed E-state index contributed by atoms with van der Waals surface area (Å²) in [4.78, 5) is 0. The van der Waals surface area contributed by atoms with E-state index in [9.17, 15) is 0 Å². The lowest BCUT2D eigenvalue weighted by molar-refractivity contribution is 0.00578. The van der Waals surface area contributed by atoms with Crippen LogP contribution < -0.4 is 5.46 Å². The first-order valence-electron chi connectivity index (χ1n) is 22.3. The van der Waals surface area contributed by atoms with Gasteiger partial charge in [0, 0.05) is 0 Å². The van der Waals surface area contributed by atoms with Gasteiger partial charge in [0.25, 0.3) is 0 Å². The summed E-state index contributed by atoms with van der Waals surface area (Å²) in [6, 6.07) is 38.0. The fraction of sp³-hybridized carbons (Fsp3) is 0.538. The van der Waals surface area contributed by atoms with Crippen molar-refractivity contribution < 1.29 is 9.31 Å². The predicted octanol–water partition coefficient (Wildman–Crippen LogP) is 13.4. The quantitative estimate of drug-likeness (QED) is 0.113. The van der Waals surface area contributed by atoms with Crippen LogP contribution in [-0.4, -0.2) is 18.3 Å². The zero-order chi connectivity index (χ0) is 37.9. The molecule has 3 heteroatoms. The SMILES string of the molecule is CCCCCCC12CCC(c3ccc(-c4ccc(-c5ccc(C67CCC(c8ccc(B9OC(C)(C)C(C)(C)O9)cc8)(CC6)CC7)cc5)cc4)cc3)(CC1)CC2. The average molecular weight is 733 g/mol. The summed E-state index contributed by atoms with van der Waals surface area (Å²) in [6.07, 6.45) is 23.3. The summed E-state index contributed by atoms with van der Waals surface area (Å²) in [5.41, 5.74) is 12.2. The molecular formula is C52H65BO2. The zero-order valence-electron chi connectivity index (χ0n) is 34.7. The second-order valence-corrected chi connectivity index (χ2v) is 20.1. The number of rotatable bonds is 11. The van der Waals surface area contributed by atoms with Gasteiger partial charge < -0.3 is 9.31 Å². The van der Waals surface area contributed by atoms with Gasteiger partial charge in [0.15, 0.2) is 0 Å². The molecule has 288 valence electrons. The molecule has 1 aliphatic heterocycles. The Labute approximate surface area is 333 Å². The molecule has 4 aromatic rings. The monoisotopic (exact) mass is 733 g/mol. The molecule has 1 heterocycles. The van der Waals surface area contributed by atoms with Gasteiger partial charge in [-0.05, 0) is 177 Å². The van der Waals surface area contributed by atoms with Crippen molar-refractivity contribution in [3.63, 3.8) is 0 Å². The molecule has 2 nitrogen and oxygen atoms in total. The van der Waals surface area contributed by atoms with E-state index in [1.165, 1.54) is 137 Å². The van der Waals surface area contributed by atoms with E-state index >= 15 is 0 Å². The molecule has 0 radical (unpaired) electrons. The maximum Gasteiger partial charge on any atom is 0.494 e. The summed E-state index contributed by atoms with van der Waals surface area (Å²) in [7, 11) is -0.293. The van der Waals surface area contributed by atoms with Crippen LogP contribution >= 0.6 is 0 Å². The van der Waals surface area contributed by atoms with E-state index in [-0.39, 0.29) is 18.3 Å². The van der Waals surface area contributed by atoms with Crippen LogP contribution in [0, 0.1) is 5.41 Å². The molecule has 4 bridgehead atoms. The van der Waals surface area contributed by atoms with Crippen LogP contribution in [0.3, 0.4) is 0 Å². The Morgan fingerprint density at radius 2 is 0.745 bits per heavy atom. The van der Waals surface area contributed by atoms with Crippen molar-refractivity contribution in [2.75, 3.05) is 0 Å². The highest BCUT2D eigenvalue weighted by Crippen LogP contribution is 2.60. The molecule has 0 aromatic heterocycles. The number of hydrogen-bond donors (Lipinski definition) is 0. The number of unbranched alkanes of at least 4 members (excludes halogenated alkanes) is 3. The van der Waals surface area contributed by atoms with Gasteiger partial charge in [-0.25, -0.2) is 0 Å². The molecule has 11 rings (SSSR count). The molecule has 0 atom stereocenters. The molecule has 6 saturated carbocycles. The van der Waals surface area contributed by atoms with Crippen LogP contribution in [0.25, 0.3) is 22.3 Å². The highest BCUT2D eigenvalue weighted by Gasteiger charge is 2.53. The Kier molecular flexibility index (Phi) is 9.57. The van der Waals surface area contributed by atoms with Gasteiger partial charge in [0.2, 0.25) is 0 Å². The summed E-state index contributed by atoms with van der Waals surface area (Å²) in [5.74, 6) is 0. The maximum atomic E-state index is 6.34. The van der Waals surface area contributed by atoms with Crippen molar-refractivity contribution in [3.05, 3.63) is 114 Å². The first-order chi connectivity index (χ1) is 26.5. The minimum Gasteiger partial charge on any atom is -0.399 e. The Bertz CT molecular complexity index is 1890. The fourth-order valence-corrected chi connectivity index (χ4v) is 11.9. The van der Waals surface area contributed by atoms with E-state index in [0.29, 0.717) is 21.7 Å². The van der Waals surface area contributed by atoms with E-state index in [1.54, 1.807) is 11.1 Å². The van der Waals surface area contributed by atoms with Gasteiger partial charge in [-0.15, -0.1) is 0 Å². The molecule has 4 aromatic carbocycles. The standard InChI is InChI=1S/C52H65BO2/c1-6-7-8-9-26-49-27-30-50(31-28-49,32-29-49)43-18-14-41(15-19-43)39-10-12-40(13-11-39)42-16-20-44(21-17-42)51-33-36-52(37-34-51,38-35-51)45-22-24-46(25-23-45)53-54-47(2,3)48(4,5)55-53/h10-25H,6-9,26-38H2,1-5H3. The van der Waals surface area contributed by atoms with Gasteiger partial charge in [0.05, 0.1) is 11.2 Å². The van der Waals surface area contributed by atoms with Crippen molar-refractivity contribution in [2.24, 2.45) is 5.41 Å². The van der Waals surface area contributed by atoms with Gasteiger partial charge in [-0.1, -0.05) is 130 Å². The van der Waals surface area contributed by atoms with E-state index in [1.807, 2.05) is 0 Å². The van der Waals surface area contributed by atoms with Gasteiger partial charge in [0.1, 0.15) is 0 Å². The molecule has 0 amide bonds. The highest BCUT2D eigenvalue weighted by atomic mass is 16.7. The van der Waals surface area contributed by atoms with E-state index in [4.69, 9.17) is 9.31 Å². The van der Waals surface area contributed by atoms with E-state index in [0.717, 1.165) is 5.46 Å². The molecule has 55 heavy (non-hydrogen) atoms. The van der Waals surface area contributed by atoms with Crippen LogP contribution in [0.4, 0.5) is 0 Å². The Morgan fingerprint density at radius 3 is 1.11 bits per heavy atom. The molecule has 0 spiro atoms. The lowest BCUT2D eigenvalue weighted by Gasteiger charge is -2.54. The summed E-state index contributed by atoms with van der Waals surface area (Å²) in [5, 5.41) is 0. The largest absolute Gasteiger partial charge is 0.494 e. The van der Waals surface area contributed by atoms with Gasteiger partial charge >= 0.3 is 7.12 Å². The third-order valence-corrected chi connectivity index (χ3v) is 16.8. The fourth-order valence-electron chi connectivity index (χ4n) is 11.9. The lowest BCUT2D eigenvalue weighted by Crippen LogP contribution is -2.46. The minimum absolute atomic E-state index is 0.293. The second-order valence-electron chi connectivity index (χ2n) is 20.1. The molecule has 7 fully saturated rings. The number of hydrogen-bond acceptors (Lipinski definition) is 2. The molecule has 0 N–H and O–H groups in total.